The lowest BCUT2D eigenvalue weighted by Gasteiger charge is -2.10. The van der Waals surface area contributed by atoms with Crippen LogP contribution in [-0.4, -0.2) is 23.1 Å². The highest BCUT2D eigenvalue weighted by Gasteiger charge is 2.17. The van der Waals surface area contributed by atoms with E-state index in [0.29, 0.717) is 21.5 Å². The van der Waals surface area contributed by atoms with Gasteiger partial charge in [-0.25, -0.2) is 10.5 Å². The van der Waals surface area contributed by atoms with E-state index in [9.17, 15) is 9.90 Å². The summed E-state index contributed by atoms with van der Waals surface area (Å²) in [5.74, 6) is -0.0996. The minimum Gasteiger partial charge on any atom is -0.431 e. The van der Waals surface area contributed by atoms with Gasteiger partial charge in [-0.05, 0) is 35.9 Å². The highest BCUT2D eigenvalue weighted by Crippen LogP contribution is 2.33. The van der Waals surface area contributed by atoms with Gasteiger partial charge in [0.2, 0.25) is 0 Å². The molecule has 0 fully saturated rings. The number of carbonyl (C=O) groups excluding carboxylic acids is 1. The summed E-state index contributed by atoms with van der Waals surface area (Å²) < 4.78 is 6.63. The maximum absolute atomic E-state index is 11.5. The fourth-order valence-electron chi connectivity index (χ4n) is 2.05. The number of ether oxygens (including phenoxy) is 1. The number of nitrogens with zero attached hydrogens (tertiary/aromatic N) is 1. The quantitative estimate of drug-likeness (QED) is 0.678. The predicted molar refractivity (Wildman–Crippen MR) is 91.3 cm³/mol. The molecule has 124 valence electrons. The average Bonchev–Trinajstić information content (AvgIpc) is 2.96. The number of aliphatic hydroxyl groups excluding tert-OH is 1. The average molecular weight is 365 g/mol. The summed E-state index contributed by atoms with van der Waals surface area (Å²) in [7, 11) is 1.30. The second-order valence-electron chi connectivity index (χ2n) is 4.84. The Morgan fingerprint density at radius 3 is 2.75 bits per heavy atom. The van der Waals surface area contributed by atoms with E-state index in [1.54, 1.807) is 30.3 Å². The van der Waals surface area contributed by atoms with Crippen LogP contribution in [0.25, 0.3) is 10.2 Å². The Morgan fingerprint density at radius 1 is 1.29 bits per heavy atom. The molecule has 0 saturated heterocycles. The molecule has 0 radical (unpaired) electrons. The van der Waals surface area contributed by atoms with E-state index in [0.717, 1.165) is 10.2 Å². The van der Waals surface area contributed by atoms with Gasteiger partial charge in [0.25, 0.3) is 11.1 Å². The molecule has 0 bridgehead atoms. The standard InChI is InChI=1S/C16H13ClN2O4S/c1-22-19-15(21)14(20)9-2-5-11(6-3-9)23-16-18-12-7-4-10(17)8-13(12)24-16/h2-8,14,20H,1H3,(H,19,21). The third-order valence-corrected chi connectivity index (χ3v) is 4.31. The predicted octanol–water partition coefficient (Wildman–Crippen LogP) is 3.45. The molecule has 0 aliphatic rings. The number of halogens is 1. The number of fused-ring (bicyclic) bond motifs is 1. The first-order valence-corrected chi connectivity index (χ1v) is 8.11. The van der Waals surface area contributed by atoms with Crippen molar-refractivity contribution in [2.75, 3.05) is 7.11 Å². The van der Waals surface area contributed by atoms with Crippen molar-refractivity contribution < 1.29 is 19.5 Å². The van der Waals surface area contributed by atoms with Crippen molar-refractivity contribution in [2.24, 2.45) is 0 Å². The van der Waals surface area contributed by atoms with E-state index in [2.05, 4.69) is 15.3 Å². The molecule has 0 spiro atoms. The maximum atomic E-state index is 11.5. The summed E-state index contributed by atoms with van der Waals surface area (Å²) in [5.41, 5.74) is 3.31. The Hall–Kier alpha value is -2.19. The number of nitrogens with one attached hydrogen (secondary N) is 1. The number of thiazole rings is 1. The first-order valence-electron chi connectivity index (χ1n) is 6.91. The molecule has 24 heavy (non-hydrogen) atoms. The molecule has 2 aromatic carbocycles. The van der Waals surface area contributed by atoms with Gasteiger partial charge < -0.3 is 9.84 Å². The molecule has 0 saturated carbocycles. The van der Waals surface area contributed by atoms with Crippen molar-refractivity contribution in [3.8, 4) is 10.9 Å². The van der Waals surface area contributed by atoms with E-state index in [1.165, 1.54) is 18.4 Å². The third kappa shape index (κ3) is 3.65. The number of amides is 1. The van der Waals surface area contributed by atoms with E-state index < -0.39 is 12.0 Å². The smallest absolute Gasteiger partial charge is 0.279 e. The molecule has 0 aliphatic carbocycles. The van der Waals surface area contributed by atoms with Gasteiger partial charge in [0.05, 0.1) is 17.3 Å². The van der Waals surface area contributed by atoms with Gasteiger partial charge >= 0.3 is 0 Å². The number of hydroxylamine groups is 1. The van der Waals surface area contributed by atoms with Crippen LogP contribution in [0.3, 0.4) is 0 Å². The number of hydrogen-bond acceptors (Lipinski definition) is 6. The van der Waals surface area contributed by atoms with Crippen molar-refractivity contribution in [1.29, 1.82) is 0 Å². The van der Waals surface area contributed by atoms with Gasteiger partial charge in [0.1, 0.15) is 5.75 Å². The molecular weight excluding hydrogens is 352 g/mol. The minimum atomic E-state index is -1.32. The van der Waals surface area contributed by atoms with Crippen molar-refractivity contribution >= 4 is 39.1 Å². The van der Waals surface area contributed by atoms with Crippen LogP contribution in [-0.2, 0) is 9.63 Å². The first-order chi connectivity index (χ1) is 11.6. The number of benzene rings is 2. The van der Waals surface area contributed by atoms with Crippen molar-refractivity contribution in [1.82, 2.24) is 10.5 Å². The van der Waals surface area contributed by atoms with Crippen molar-refractivity contribution in [3.63, 3.8) is 0 Å². The minimum absolute atomic E-state index is 0.424. The van der Waals surface area contributed by atoms with Gasteiger partial charge in [-0.1, -0.05) is 35.1 Å². The van der Waals surface area contributed by atoms with Gasteiger partial charge in [-0.2, -0.15) is 0 Å². The third-order valence-electron chi connectivity index (χ3n) is 3.18. The highest BCUT2D eigenvalue weighted by molar-refractivity contribution is 7.20. The lowest BCUT2D eigenvalue weighted by Crippen LogP contribution is -2.28. The topological polar surface area (TPSA) is 80.7 Å². The fourth-order valence-corrected chi connectivity index (χ4v) is 3.16. The van der Waals surface area contributed by atoms with Crippen LogP contribution >= 0.6 is 22.9 Å². The number of hydrogen-bond donors (Lipinski definition) is 2. The SMILES string of the molecule is CONC(=O)C(O)c1ccc(Oc2nc3ccc(Cl)cc3s2)cc1. The Labute approximate surface area is 146 Å². The van der Waals surface area contributed by atoms with Crippen LogP contribution < -0.4 is 10.2 Å². The Morgan fingerprint density at radius 2 is 2.04 bits per heavy atom. The summed E-state index contributed by atoms with van der Waals surface area (Å²) in [6.07, 6.45) is -1.32. The van der Waals surface area contributed by atoms with E-state index >= 15 is 0 Å². The molecule has 2 N–H and O–H groups in total. The number of aliphatic hydroxyl groups is 1. The van der Waals surface area contributed by atoms with E-state index in [1.807, 2.05) is 12.1 Å². The zero-order chi connectivity index (χ0) is 17.1. The maximum Gasteiger partial charge on any atom is 0.279 e. The van der Waals surface area contributed by atoms with Gasteiger partial charge in [-0.3, -0.25) is 9.63 Å². The van der Waals surface area contributed by atoms with Crippen molar-refractivity contribution in [2.45, 2.75) is 6.10 Å². The summed E-state index contributed by atoms with van der Waals surface area (Å²) in [6, 6.07) is 11.9. The second kappa shape index (κ2) is 7.14. The summed E-state index contributed by atoms with van der Waals surface area (Å²) in [5, 5.41) is 11.0. The van der Waals surface area contributed by atoms with Gasteiger partial charge in [0.15, 0.2) is 6.10 Å². The first kappa shape index (κ1) is 16.7. The molecule has 6 nitrogen and oxygen atoms in total. The lowest BCUT2D eigenvalue weighted by atomic mass is 10.1. The monoisotopic (exact) mass is 364 g/mol. The van der Waals surface area contributed by atoms with Crippen LogP contribution in [0.15, 0.2) is 42.5 Å². The zero-order valence-corrected chi connectivity index (χ0v) is 14.1. The van der Waals surface area contributed by atoms with Gasteiger partial charge in [0, 0.05) is 5.02 Å². The molecule has 3 rings (SSSR count). The van der Waals surface area contributed by atoms with E-state index in [-0.39, 0.29) is 0 Å². The number of aromatic nitrogens is 1. The summed E-state index contributed by atoms with van der Waals surface area (Å²) in [6.45, 7) is 0. The zero-order valence-electron chi connectivity index (χ0n) is 12.5. The molecule has 1 unspecified atom stereocenters. The van der Waals surface area contributed by atoms with Crippen LogP contribution in [0.4, 0.5) is 0 Å². The summed E-state index contributed by atoms with van der Waals surface area (Å²) >= 11 is 7.34. The second-order valence-corrected chi connectivity index (χ2v) is 6.27. The number of rotatable bonds is 5. The molecule has 1 heterocycles. The van der Waals surface area contributed by atoms with Gasteiger partial charge in [-0.15, -0.1) is 0 Å². The van der Waals surface area contributed by atoms with Crippen LogP contribution in [0.2, 0.25) is 5.02 Å². The highest BCUT2D eigenvalue weighted by atomic mass is 35.5. The van der Waals surface area contributed by atoms with E-state index in [4.69, 9.17) is 16.3 Å². The molecule has 1 amide bonds. The lowest BCUT2D eigenvalue weighted by molar-refractivity contribution is -0.140. The van der Waals surface area contributed by atoms with Crippen LogP contribution in [0, 0.1) is 0 Å². The number of carbonyl (C=O) groups is 1. The Kier molecular flexibility index (Phi) is 4.96. The molecular formula is C16H13ClN2O4S. The largest absolute Gasteiger partial charge is 0.431 e. The molecule has 1 atom stereocenters. The molecule has 8 heteroatoms. The Balaban J connectivity index is 1.74. The fraction of sp³-hybridized carbons (Fsp3) is 0.125. The van der Waals surface area contributed by atoms with Crippen molar-refractivity contribution in [3.05, 3.63) is 53.1 Å². The normalized spacial score (nSPS) is 12.1. The molecule has 0 aliphatic heterocycles. The van der Waals surface area contributed by atoms with Crippen LogP contribution in [0.1, 0.15) is 11.7 Å². The van der Waals surface area contributed by atoms with Crippen LogP contribution in [0.5, 0.6) is 10.9 Å². The molecule has 1 aromatic heterocycles. The Bertz CT molecular complexity index is 866. The summed E-state index contributed by atoms with van der Waals surface area (Å²) in [4.78, 5) is 20.4. The molecule has 3 aromatic rings.